The van der Waals surface area contributed by atoms with E-state index in [1.165, 1.54) is 38.5 Å². The van der Waals surface area contributed by atoms with E-state index in [1.807, 2.05) is 32.1 Å². The average Bonchev–Trinajstić information content (AvgIpc) is 3.55. The van der Waals surface area contributed by atoms with Crippen molar-refractivity contribution in [2.45, 2.75) is 54.5 Å². The molecule has 2 aliphatic carbocycles. The van der Waals surface area contributed by atoms with Crippen LogP contribution >= 0.6 is 7.92 Å². The van der Waals surface area contributed by atoms with Gasteiger partial charge in [-0.1, -0.05) is 79.4 Å². The molecule has 1 heterocycles. The number of ether oxygens (including phenoxy) is 1. The first-order valence-corrected chi connectivity index (χ1v) is 14.1. The second kappa shape index (κ2) is 13.3. The molecule has 37 heavy (non-hydrogen) atoms. The van der Waals surface area contributed by atoms with Crippen molar-refractivity contribution in [2.24, 2.45) is 10.4 Å². The second-order valence-corrected chi connectivity index (χ2v) is 13.1. The molecular formula is C33H38FeNOP+2. The predicted molar refractivity (Wildman–Crippen MR) is 156 cm³/mol. The molecule has 5 rings (SSSR count). The molecule has 2 fully saturated rings. The van der Waals surface area contributed by atoms with E-state index in [1.54, 1.807) is 0 Å². The quantitative estimate of drug-likeness (QED) is 0.298. The van der Waals surface area contributed by atoms with Crippen molar-refractivity contribution < 1.29 is 21.8 Å². The molecule has 1 atom stereocenters. The molecule has 0 aromatic heterocycles. The van der Waals surface area contributed by atoms with E-state index in [-0.39, 0.29) is 28.5 Å². The molecule has 2 aromatic carbocycles. The minimum Gasteiger partial charge on any atom is -0.478 e. The Morgan fingerprint density at radius 2 is 1.16 bits per heavy atom. The first-order valence-electron chi connectivity index (χ1n) is 12.7. The Morgan fingerprint density at radius 1 is 0.703 bits per heavy atom. The normalized spacial score (nSPS) is 20.3. The fourth-order valence-electron chi connectivity index (χ4n) is 4.66. The monoisotopic (exact) mass is 551 g/mol. The molecule has 0 bridgehead atoms. The minimum atomic E-state index is -0.714. The summed E-state index contributed by atoms with van der Waals surface area (Å²) in [6, 6.07) is 14.1. The van der Waals surface area contributed by atoms with Crippen molar-refractivity contribution in [1.82, 2.24) is 0 Å². The van der Waals surface area contributed by atoms with Gasteiger partial charge in [-0.25, -0.2) is 4.99 Å². The number of hydrogen-bond acceptors (Lipinski definition) is 2. The predicted octanol–water partition coefficient (Wildman–Crippen LogP) is 6.95. The van der Waals surface area contributed by atoms with Crippen molar-refractivity contribution in [1.29, 1.82) is 0 Å². The summed E-state index contributed by atoms with van der Waals surface area (Å²) in [5.41, 5.74) is 6.66. The Kier molecular flexibility index (Phi) is 10.9. The third-order valence-corrected chi connectivity index (χ3v) is 8.82. The Balaban J connectivity index is 0.000000568. The summed E-state index contributed by atoms with van der Waals surface area (Å²) in [4.78, 5) is 5.01. The van der Waals surface area contributed by atoms with Crippen LogP contribution in [0, 0.1) is 96.1 Å². The molecule has 2 nitrogen and oxygen atoms in total. The zero-order chi connectivity index (χ0) is 25.9. The van der Waals surface area contributed by atoms with Crippen LogP contribution in [-0.2, 0) is 21.8 Å². The van der Waals surface area contributed by atoms with Gasteiger partial charge in [0.05, 0.1) is 12.0 Å². The smallest absolute Gasteiger partial charge is 0.478 e. The molecular weight excluding hydrogens is 513 g/mol. The first kappa shape index (κ1) is 30.4. The molecule has 3 aliphatic rings. The number of aryl methyl sites for hydroxylation is 4. The van der Waals surface area contributed by atoms with E-state index in [4.69, 9.17) is 9.73 Å². The maximum absolute atomic E-state index is 6.15. The van der Waals surface area contributed by atoms with Crippen LogP contribution in [-0.4, -0.2) is 18.5 Å². The minimum absolute atomic E-state index is 0. The second-order valence-electron chi connectivity index (χ2n) is 10.9. The van der Waals surface area contributed by atoms with Crippen LogP contribution in [0.1, 0.15) is 43.0 Å². The summed E-state index contributed by atoms with van der Waals surface area (Å²) in [6.07, 6.45) is 16.6. The van der Waals surface area contributed by atoms with Gasteiger partial charge in [-0.2, -0.15) is 0 Å². The Labute approximate surface area is 238 Å². The summed E-state index contributed by atoms with van der Waals surface area (Å²) >= 11 is 0. The summed E-state index contributed by atoms with van der Waals surface area (Å²) in [7, 11) is -0.714. The van der Waals surface area contributed by atoms with Gasteiger partial charge in [-0.3, -0.25) is 0 Å². The molecule has 0 N–H and O–H groups in total. The van der Waals surface area contributed by atoms with Crippen LogP contribution in [0.25, 0.3) is 0 Å². The Bertz CT molecular complexity index is 969. The molecule has 1 aliphatic heterocycles. The van der Waals surface area contributed by atoms with Crippen LogP contribution < -0.4 is 10.6 Å². The third kappa shape index (κ3) is 7.94. The van der Waals surface area contributed by atoms with Crippen molar-refractivity contribution in [2.75, 3.05) is 6.61 Å². The van der Waals surface area contributed by atoms with Gasteiger partial charge in [-0.05, 0) is 103 Å². The number of benzene rings is 2. The van der Waals surface area contributed by atoms with Crippen molar-refractivity contribution in [3.8, 4) is 0 Å². The molecule has 2 aromatic rings. The SMILES string of the molecule is Cc1cc(C)cc(P([C]2[CH][CH][CH][C]2C2=N[C@@H](C(C)(C)C)CO2)c2cc(C)cc(C)c2)c1.[CH]1[CH][CH][CH][CH]1.[Fe+2]. The molecule has 0 saturated heterocycles. The Morgan fingerprint density at radius 3 is 1.57 bits per heavy atom. The van der Waals surface area contributed by atoms with Gasteiger partial charge < -0.3 is 4.74 Å². The van der Waals surface area contributed by atoms with Crippen LogP contribution in [0.2, 0.25) is 0 Å². The fraction of sp³-hybridized carbons (Fsp3) is 0.303. The first-order chi connectivity index (χ1) is 17.1. The van der Waals surface area contributed by atoms with Crippen LogP contribution in [0.3, 0.4) is 0 Å². The average molecular weight is 551 g/mol. The molecule has 0 amide bonds. The van der Waals surface area contributed by atoms with Gasteiger partial charge in [0.2, 0.25) is 0 Å². The summed E-state index contributed by atoms with van der Waals surface area (Å²) in [6.45, 7) is 16.1. The van der Waals surface area contributed by atoms with E-state index >= 15 is 0 Å². The largest absolute Gasteiger partial charge is 2.00 e. The van der Waals surface area contributed by atoms with Crippen LogP contribution in [0.5, 0.6) is 0 Å². The summed E-state index contributed by atoms with van der Waals surface area (Å²) in [5, 5.41) is 2.77. The van der Waals surface area contributed by atoms with E-state index in [2.05, 4.69) is 104 Å². The standard InChI is InChI=1S/C28H33NOP.C5H5.Fe/c1-18-11-19(2)14-22(13-18)31(23-15-20(3)12-21(4)16-23)25-10-8-9-24(25)27-29-26(17-30-27)28(5,6)7;1-2-4-5-3-1;/h8-16,26H,17H2,1-7H3;1-5H;/q;;+2/t26-;;/m1../s1. The van der Waals surface area contributed by atoms with Gasteiger partial charge in [0.25, 0.3) is 0 Å². The third-order valence-electron chi connectivity index (χ3n) is 6.40. The molecule has 0 spiro atoms. The fourth-order valence-corrected chi connectivity index (χ4v) is 7.49. The van der Waals surface area contributed by atoms with Gasteiger partial charge in [0.15, 0.2) is 5.90 Å². The zero-order valence-corrected chi connectivity index (χ0v) is 25.0. The molecule has 0 unspecified atom stereocenters. The van der Waals surface area contributed by atoms with E-state index < -0.39 is 7.92 Å². The van der Waals surface area contributed by atoms with Gasteiger partial charge in [0, 0.05) is 5.66 Å². The van der Waals surface area contributed by atoms with Gasteiger partial charge in [-0.15, -0.1) is 0 Å². The zero-order valence-electron chi connectivity index (χ0n) is 23.0. The number of rotatable bonds is 4. The van der Waals surface area contributed by atoms with Crippen LogP contribution in [0.4, 0.5) is 0 Å². The summed E-state index contributed by atoms with van der Waals surface area (Å²) in [5.74, 6) is 1.96. The number of aliphatic imine (C=N–C) groups is 1. The van der Waals surface area contributed by atoms with E-state index in [0.29, 0.717) is 6.61 Å². The van der Waals surface area contributed by atoms with Crippen molar-refractivity contribution >= 4 is 24.4 Å². The molecule has 4 heteroatoms. The number of hydrogen-bond donors (Lipinski definition) is 0. The summed E-state index contributed by atoms with van der Waals surface area (Å²) < 4.78 is 6.15. The molecule has 10 radical (unpaired) electrons. The Hall–Kier alpha value is -1.14. The maximum Gasteiger partial charge on any atom is 2.00 e. The van der Waals surface area contributed by atoms with Crippen molar-refractivity contribution in [3.05, 3.63) is 122 Å². The molecule has 192 valence electrons. The van der Waals surface area contributed by atoms with E-state index in [0.717, 1.165) is 11.8 Å². The topological polar surface area (TPSA) is 21.6 Å². The van der Waals surface area contributed by atoms with Gasteiger partial charge in [0.1, 0.15) is 6.61 Å². The maximum atomic E-state index is 6.15. The number of nitrogens with zero attached hydrogens (tertiary/aromatic N) is 1. The van der Waals surface area contributed by atoms with Crippen LogP contribution in [0.15, 0.2) is 41.4 Å². The van der Waals surface area contributed by atoms with E-state index in [9.17, 15) is 0 Å². The van der Waals surface area contributed by atoms with Crippen molar-refractivity contribution in [3.63, 3.8) is 0 Å². The molecule has 2 saturated carbocycles. The van der Waals surface area contributed by atoms with Gasteiger partial charge >= 0.3 is 17.1 Å².